The summed E-state index contributed by atoms with van der Waals surface area (Å²) in [5.41, 5.74) is 5.83. The van der Waals surface area contributed by atoms with Crippen molar-refractivity contribution in [2.45, 2.75) is 40.5 Å². The molecule has 0 atom stereocenters. The van der Waals surface area contributed by atoms with Crippen LogP contribution in [0.3, 0.4) is 0 Å². The van der Waals surface area contributed by atoms with Crippen LogP contribution < -0.4 is 5.32 Å². The second-order valence-corrected chi connectivity index (χ2v) is 6.24. The number of carbonyl (C=O) groups excluding carboxylic acids is 1. The van der Waals surface area contributed by atoms with Gasteiger partial charge in [0, 0.05) is 18.7 Å². The lowest BCUT2D eigenvalue weighted by Crippen LogP contribution is -2.42. The van der Waals surface area contributed by atoms with Crippen LogP contribution in [0.15, 0.2) is 23.8 Å². The number of carbonyl (C=O) groups is 1. The molecule has 22 heavy (non-hydrogen) atoms. The third-order valence-electron chi connectivity index (χ3n) is 4.74. The Hall–Kier alpha value is -1.61. The van der Waals surface area contributed by atoms with Crippen LogP contribution in [0, 0.1) is 6.92 Å². The predicted octanol–water partition coefficient (Wildman–Crippen LogP) is 3.63. The molecule has 0 bridgehead atoms. The second kappa shape index (κ2) is 7.59. The van der Waals surface area contributed by atoms with Crippen LogP contribution in [-0.2, 0) is 0 Å². The van der Waals surface area contributed by atoms with Crippen molar-refractivity contribution >= 4 is 11.5 Å². The summed E-state index contributed by atoms with van der Waals surface area (Å²) in [7, 11) is 0. The van der Waals surface area contributed by atoms with Crippen LogP contribution in [-0.4, -0.2) is 37.0 Å². The van der Waals surface area contributed by atoms with Gasteiger partial charge >= 0.3 is 0 Å². The van der Waals surface area contributed by atoms with Crippen LogP contribution in [0.2, 0.25) is 0 Å². The Morgan fingerprint density at radius 1 is 1.27 bits per heavy atom. The summed E-state index contributed by atoms with van der Waals surface area (Å²) >= 11 is 0. The van der Waals surface area contributed by atoms with Gasteiger partial charge in [0.15, 0.2) is 0 Å². The van der Waals surface area contributed by atoms with Gasteiger partial charge < -0.3 is 10.2 Å². The molecule has 3 heteroatoms. The first-order valence-electron chi connectivity index (χ1n) is 8.31. The zero-order valence-electron chi connectivity index (χ0n) is 14.3. The quantitative estimate of drug-likeness (QED) is 0.870. The van der Waals surface area contributed by atoms with Gasteiger partial charge in [-0.15, -0.1) is 0 Å². The van der Waals surface area contributed by atoms with Crippen LogP contribution >= 0.6 is 0 Å². The number of aryl methyl sites for hydroxylation is 1. The van der Waals surface area contributed by atoms with E-state index in [2.05, 4.69) is 37.9 Å². The smallest absolute Gasteiger partial charge is 0.251 e. The van der Waals surface area contributed by atoms with E-state index in [1.54, 1.807) is 0 Å². The molecule has 0 spiro atoms. The minimum atomic E-state index is 0.0312. The first-order chi connectivity index (χ1) is 10.5. The topological polar surface area (TPSA) is 32.3 Å². The Morgan fingerprint density at radius 2 is 2.00 bits per heavy atom. The van der Waals surface area contributed by atoms with Crippen molar-refractivity contribution in [3.05, 3.63) is 40.5 Å². The third kappa shape index (κ3) is 3.98. The molecule has 1 aliphatic heterocycles. The molecule has 1 heterocycles. The van der Waals surface area contributed by atoms with Crippen molar-refractivity contribution in [1.29, 1.82) is 0 Å². The van der Waals surface area contributed by atoms with Crippen LogP contribution in [0.5, 0.6) is 0 Å². The molecule has 1 amide bonds. The van der Waals surface area contributed by atoms with Crippen LogP contribution in [0.1, 0.15) is 55.1 Å². The summed E-state index contributed by atoms with van der Waals surface area (Å²) < 4.78 is 0. The van der Waals surface area contributed by atoms with Gasteiger partial charge in [-0.1, -0.05) is 18.6 Å². The molecular weight excluding hydrogens is 272 g/mol. The maximum Gasteiger partial charge on any atom is 0.251 e. The summed E-state index contributed by atoms with van der Waals surface area (Å²) in [6, 6.07) is 6.00. The van der Waals surface area contributed by atoms with E-state index >= 15 is 0 Å². The molecule has 0 saturated carbocycles. The molecule has 1 aromatic carbocycles. The summed E-state index contributed by atoms with van der Waals surface area (Å²) in [6.07, 6.45) is 2.33. The highest BCUT2D eigenvalue weighted by molar-refractivity contribution is 5.95. The number of hydrogen-bond acceptors (Lipinski definition) is 2. The van der Waals surface area contributed by atoms with Gasteiger partial charge in [0.05, 0.1) is 0 Å². The van der Waals surface area contributed by atoms with Crippen molar-refractivity contribution < 1.29 is 4.79 Å². The number of nitrogens with one attached hydrogen (secondary N) is 1. The van der Waals surface area contributed by atoms with Crippen LogP contribution in [0.4, 0.5) is 0 Å². The van der Waals surface area contributed by atoms with Gasteiger partial charge in [0.2, 0.25) is 0 Å². The molecule has 0 radical (unpaired) electrons. The summed E-state index contributed by atoms with van der Waals surface area (Å²) in [4.78, 5) is 14.7. The van der Waals surface area contributed by atoms with Gasteiger partial charge in [0.1, 0.15) is 0 Å². The van der Waals surface area contributed by atoms with E-state index in [9.17, 15) is 4.79 Å². The third-order valence-corrected chi connectivity index (χ3v) is 4.74. The summed E-state index contributed by atoms with van der Waals surface area (Å²) in [5, 5.41) is 3.03. The average Bonchev–Trinajstić information content (AvgIpc) is 2.48. The highest BCUT2D eigenvalue weighted by Crippen LogP contribution is 2.24. The zero-order chi connectivity index (χ0) is 16.1. The fraction of sp³-hybridized carbons (Fsp3) is 0.526. The summed E-state index contributed by atoms with van der Waals surface area (Å²) in [5.74, 6) is 0.0312. The van der Waals surface area contributed by atoms with Crippen molar-refractivity contribution in [3.63, 3.8) is 0 Å². The Labute approximate surface area is 134 Å². The summed E-state index contributed by atoms with van der Waals surface area (Å²) in [6.45, 7) is 12.6. The highest BCUT2D eigenvalue weighted by Gasteiger charge is 2.14. The minimum Gasteiger partial charge on any atom is -0.351 e. The lowest BCUT2D eigenvalue weighted by Gasteiger charge is -2.30. The van der Waals surface area contributed by atoms with E-state index in [0.717, 1.165) is 25.1 Å². The molecular formula is C19H28N2O. The van der Waals surface area contributed by atoms with Crippen molar-refractivity contribution in [2.75, 3.05) is 26.2 Å². The lowest BCUT2D eigenvalue weighted by atomic mass is 9.95. The lowest BCUT2D eigenvalue weighted by molar-refractivity contribution is 0.0941. The van der Waals surface area contributed by atoms with E-state index in [1.165, 1.54) is 41.8 Å². The van der Waals surface area contributed by atoms with E-state index in [4.69, 9.17) is 0 Å². The predicted molar refractivity (Wildman–Crippen MR) is 93.1 cm³/mol. The SMILES string of the molecule is CC/C(C)=C(/C)c1cc(C(=O)NCCN2CCC2)ccc1C. The average molecular weight is 300 g/mol. The standard InChI is InChI=1S/C19H28N2O/c1-5-14(2)16(4)18-13-17(8-7-15(18)3)19(22)20-9-12-21-10-6-11-21/h7-8,13H,5-6,9-12H2,1-4H3,(H,20,22)/b16-14-. The number of nitrogens with zero attached hydrogens (tertiary/aromatic N) is 1. The Kier molecular flexibility index (Phi) is 5.78. The largest absolute Gasteiger partial charge is 0.351 e. The molecule has 0 aromatic heterocycles. The fourth-order valence-electron chi connectivity index (χ4n) is 2.70. The molecule has 3 nitrogen and oxygen atoms in total. The fourth-order valence-corrected chi connectivity index (χ4v) is 2.70. The first-order valence-corrected chi connectivity index (χ1v) is 8.31. The zero-order valence-corrected chi connectivity index (χ0v) is 14.3. The molecule has 0 unspecified atom stereocenters. The van der Waals surface area contributed by atoms with Gasteiger partial charge in [-0.05, 0) is 75.5 Å². The number of amides is 1. The highest BCUT2D eigenvalue weighted by atomic mass is 16.1. The van der Waals surface area contributed by atoms with Crippen molar-refractivity contribution in [2.24, 2.45) is 0 Å². The normalized spacial score (nSPS) is 16.0. The molecule has 1 aliphatic rings. The molecule has 1 fully saturated rings. The Bertz CT molecular complexity index is 571. The molecule has 1 N–H and O–H groups in total. The van der Waals surface area contributed by atoms with Gasteiger partial charge in [-0.25, -0.2) is 0 Å². The molecule has 2 rings (SSSR count). The molecule has 120 valence electrons. The van der Waals surface area contributed by atoms with E-state index in [-0.39, 0.29) is 5.91 Å². The molecule has 1 aromatic rings. The first kappa shape index (κ1) is 16.8. The maximum absolute atomic E-state index is 12.3. The van der Waals surface area contributed by atoms with Gasteiger partial charge in [-0.3, -0.25) is 4.79 Å². The Balaban J connectivity index is 2.05. The molecule has 1 saturated heterocycles. The Morgan fingerprint density at radius 3 is 2.59 bits per heavy atom. The van der Waals surface area contributed by atoms with Crippen molar-refractivity contribution in [3.8, 4) is 0 Å². The van der Waals surface area contributed by atoms with Crippen LogP contribution in [0.25, 0.3) is 5.57 Å². The second-order valence-electron chi connectivity index (χ2n) is 6.24. The monoisotopic (exact) mass is 300 g/mol. The van der Waals surface area contributed by atoms with Gasteiger partial charge in [0.25, 0.3) is 5.91 Å². The van der Waals surface area contributed by atoms with Crippen molar-refractivity contribution in [1.82, 2.24) is 10.2 Å². The van der Waals surface area contributed by atoms with Gasteiger partial charge in [-0.2, -0.15) is 0 Å². The number of rotatable bonds is 6. The minimum absolute atomic E-state index is 0.0312. The maximum atomic E-state index is 12.3. The number of likely N-dealkylation sites (tertiary alicyclic amines) is 1. The van der Waals surface area contributed by atoms with E-state index < -0.39 is 0 Å². The molecule has 0 aliphatic carbocycles. The number of allylic oxidation sites excluding steroid dienone is 2. The van der Waals surface area contributed by atoms with E-state index in [1.807, 2.05) is 18.2 Å². The number of hydrogen-bond donors (Lipinski definition) is 1. The van der Waals surface area contributed by atoms with E-state index in [0.29, 0.717) is 0 Å². The number of benzene rings is 1.